The van der Waals surface area contributed by atoms with Crippen molar-refractivity contribution in [1.82, 2.24) is 0 Å². The zero-order valence-corrected chi connectivity index (χ0v) is 11.1. The van der Waals surface area contributed by atoms with E-state index in [2.05, 4.69) is 5.32 Å². The lowest BCUT2D eigenvalue weighted by Gasteiger charge is -2.04. The Morgan fingerprint density at radius 3 is 2.57 bits per heavy atom. The Hall–Kier alpha value is -2.75. The van der Waals surface area contributed by atoms with Crippen LogP contribution in [-0.2, 0) is 6.54 Å². The largest absolute Gasteiger partial charge is 0.472 e. The third-order valence-electron chi connectivity index (χ3n) is 3.51. The van der Waals surface area contributed by atoms with E-state index in [4.69, 9.17) is 8.83 Å². The van der Waals surface area contributed by atoms with Crippen LogP contribution in [0.1, 0.15) is 5.56 Å². The second kappa shape index (κ2) is 4.66. The van der Waals surface area contributed by atoms with E-state index in [-0.39, 0.29) is 5.82 Å². The lowest BCUT2D eigenvalue weighted by molar-refractivity contribution is 0.564. The molecule has 0 radical (unpaired) electrons. The summed E-state index contributed by atoms with van der Waals surface area (Å²) in [5, 5.41) is 5.01. The molecule has 0 unspecified atom stereocenters. The van der Waals surface area contributed by atoms with E-state index >= 15 is 0 Å². The van der Waals surface area contributed by atoms with E-state index in [1.165, 1.54) is 12.1 Å². The van der Waals surface area contributed by atoms with Gasteiger partial charge in [0.25, 0.3) is 0 Å². The average molecular weight is 281 g/mol. The van der Waals surface area contributed by atoms with Crippen molar-refractivity contribution in [2.45, 2.75) is 6.54 Å². The van der Waals surface area contributed by atoms with Crippen molar-refractivity contribution in [2.75, 3.05) is 5.32 Å². The minimum Gasteiger partial charge on any atom is -0.472 e. The zero-order valence-electron chi connectivity index (χ0n) is 11.1. The van der Waals surface area contributed by atoms with Gasteiger partial charge in [-0.3, -0.25) is 0 Å². The van der Waals surface area contributed by atoms with Gasteiger partial charge in [0.05, 0.1) is 12.5 Å². The maximum Gasteiger partial charge on any atom is 0.135 e. The molecule has 0 bridgehead atoms. The molecule has 4 aromatic rings. The third-order valence-corrected chi connectivity index (χ3v) is 3.51. The molecule has 2 aromatic heterocycles. The van der Waals surface area contributed by atoms with E-state index in [1.807, 2.05) is 24.3 Å². The lowest BCUT2D eigenvalue weighted by Crippen LogP contribution is -1.97. The molecule has 0 atom stereocenters. The summed E-state index contributed by atoms with van der Waals surface area (Å²) >= 11 is 0. The van der Waals surface area contributed by atoms with Crippen LogP contribution in [0, 0.1) is 5.82 Å². The molecule has 3 nitrogen and oxygen atoms in total. The summed E-state index contributed by atoms with van der Waals surface area (Å²) in [4.78, 5) is 0. The standard InChI is InChI=1S/C17H12FNO2/c18-12-1-3-16-14(7-12)15-8-13(2-4-17(15)21-16)19-9-11-5-6-20-10-11/h1-8,10,19H,9H2. The molecule has 0 aliphatic heterocycles. The maximum absolute atomic E-state index is 13.4. The number of halogens is 1. The summed E-state index contributed by atoms with van der Waals surface area (Å²) in [6.45, 7) is 0.673. The molecule has 2 heterocycles. The smallest absolute Gasteiger partial charge is 0.135 e. The van der Waals surface area contributed by atoms with Crippen LogP contribution >= 0.6 is 0 Å². The molecule has 0 saturated carbocycles. The molecule has 104 valence electrons. The molecule has 0 aliphatic carbocycles. The van der Waals surface area contributed by atoms with E-state index in [0.717, 1.165) is 27.6 Å². The normalized spacial score (nSPS) is 11.3. The number of benzene rings is 2. The van der Waals surface area contributed by atoms with Gasteiger partial charge in [-0.2, -0.15) is 0 Å². The lowest BCUT2D eigenvalue weighted by atomic mass is 10.1. The van der Waals surface area contributed by atoms with Crippen LogP contribution in [0.15, 0.2) is 63.8 Å². The number of fused-ring (bicyclic) bond motifs is 3. The van der Waals surface area contributed by atoms with Gasteiger partial charge in [-0.15, -0.1) is 0 Å². The van der Waals surface area contributed by atoms with Gasteiger partial charge in [0.1, 0.15) is 17.0 Å². The number of nitrogens with one attached hydrogen (secondary N) is 1. The Labute approximate surface area is 120 Å². The van der Waals surface area contributed by atoms with Crippen molar-refractivity contribution in [1.29, 1.82) is 0 Å². The van der Waals surface area contributed by atoms with Gasteiger partial charge in [0.15, 0.2) is 0 Å². The summed E-state index contributed by atoms with van der Waals surface area (Å²) in [7, 11) is 0. The Morgan fingerprint density at radius 2 is 1.76 bits per heavy atom. The first kappa shape index (κ1) is 12.0. The van der Waals surface area contributed by atoms with Crippen molar-refractivity contribution in [2.24, 2.45) is 0 Å². The maximum atomic E-state index is 13.4. The molecule has 2 aromatic carbocycles. The number of furan rings is 2. The average Bonchev–Trinajstić information content (AvgIpc) is 3.12. The Balaban J connectivity index is 1.74. The van der Waals surface area contributed by atoms with Crippen molar-refractivity contribution in [3.63, 3.8) is 0 Å². The number of rotatable bonds is 3. The van der Waals surface area contributed by atoms with Crippen LogP contribution in [-0.4, -0.2) is 0 Å². The quantitative estimate of drug-likeness (QED) is 0.578. The summed E-state index contributed by atoms with van der Waals surface area (Å²) in [6.07, 6.45) is 3.35. The highest BCUT2D eigenvalue weighted by Gasteiger charge is 2.08. The van der Waals surface area contributed by atoms with Gasteiger partial charge < -0.3 is 14.2 Å². The van der Waals surface area contributed by atoms with Crippen LogP contribution < -0.4 is 5.32 Å². The van der Waals surface area contributed by atoms with Crippen molar-refractivity contribution in [3.05, 3.63) is 66.4 Å². The van der Waals surface area contributed by atoms with E-state index < -0.39 is 0 Å². The van der Waals surface area contributed by atoms with Crippen molar-refractivity contribution in [3.8, 4) is 0 Å². The number of hydrogen-bond acceptors (Lipinski definition) is 3. The molecule has 0 amide bonds. The fourth-order valence-corrected chi connectivity index (χ4v) is 2.46. The summed E-state index contributed by atoms with van der Waals surface area (Å²) in [5.41, 5.74) is 3.47. The first-order chi connectivity index (χ1) is 10.3. The molecule has 21 heavy (non-hydrogen) atoms. The molecular weight excluding hydrogens is 269 g/mol. The third kappa shape index (κ3) is 2.14. The highest BCUT2D eigenvalue weighted by Crippen LogP contribution is 2.31. The first-order valence-electron chi connectivity index (χ1n) is 6.66. The van der Waals surface area contributed by atoms with Crippen molar-refractivity contribution < 1.29 is 13.2 Å². The molecule has 0 spiro atoms. The SMILES string of the molecule is Fc1ccc2oc3ccc(NCc4ccoc4)cc3c2c1. The Kier molecular flexibility index (Phi) is 2.67. The molecule has 4 heteroatoms. The van der Waals surface area contributed by atoms with Gasteiger partial charge in [-0.05, 0) is 42.5 Å². The van der Waals surface area contributed by atoms with Gasteiger partial charge >= 0.3 is 0 Å². The van der Waals surface area contributed by atoms with Gasteiger partial charge in [0, 0.05) is 28.6 Å². The molecule has 0 fully saturated rings. The highest BCUT2D eigenvalue weighted by molar-refractivity contribution is 6.05. The topological polar surface area (TPSA) is 38.3 Å². The van der Waals surface area contributed by atoms with Gasteiger partial charge in [-0.1, -0.05) is 0 Å². The second-order valence-electron chi connectivity index (χ2n) is 4.94. The van der Waals surface area contributed by atoms with Gasteiger partial charge in [0.2, 0.25) is 0 Å². The monoisotopic (exact) mass is 281 g/mol. The molecule has 4 rings (SSSR count). The Bertz CT molecular complexity index is 909. The van der Waals surface area contributed by atoms with Crippen LogP contribution in [0.5, 0.6) is 0 Å². The van der Waals surface area contributed by atoms with Crippen molar-refractivity contribution >= 4 is 27.6 Å². The first-order valence-corrected chi connectivity index (χ1v) is 6.66. The number of anilines is 1. The molecule has 0 saturated heterocycles. The minimum absolute atomic E-state index is 0.262. The van der Waals surface area contributed by atoms with Gasteiger partial charge in [-0.25, -0.2) is 4.39 Å². The van der Waals surface area contributed by atoms with Crippen LogP contribution in [0.2, 0.25) is 0 Å². The highest BCUT2D eigenvalue weighted by atomic mass is 19.1. The fourth-order valence-electron chi connectivity index (χ4n) is 2.46. The van der Waals surface area contributed by atoms with Crippen LogP contribution in [0.4, 0.5) is 10.1 Å². The van der Waals surface area contributed by atoms with E-state index in [9.17, 15) is 4.39 Å². The number of hydrogen-bond donors (Lipinski definition) is 1. The second-order valence-corrected chi connectivity index (χ2v) is 4.94. The summed E-state index contributed by atoms with van der Waals surface area (Å²) in [5.74, 6) is -0.262. The zero-order chi connectivity index (χ0) is 14.2. The molecule has 1 N–H and O–H groups in total. The summed E-state index contributed by atoms with van der Waals surface area (Å²) < 4.78 is 24.1. The predicted octanol–water partition coefficient (Wildman–Crippen LogP) is 4.93. The minimum atomic E-state index is -0.262. The fraction of sp³-hybridized carbons (Fsp3) is 0.0588. The Morgan fingerprint density at radius 1 is 0.952 bits per heavy atom. The predicted molar refractivity (Wildman–Crippen MR) is 79.7 cm³/mol. The van der Waals surface area contributed by atoms with Crippen LogP contribution in [0.3, 0.4) is 0 Å². The van der Waals surface area contributed by atoms with Crippen LogP contribution in [0.25, 0.3) is 21.9 Å². The molecular formula is C17H12FNO2. The van der Waals surface area contributed by atoms with E-state index in [1.54, 1.807) is 18.6 Å². The molecule has 0 aliphatic rings. The van der Waals surface area contributed by atoms with E-state index in [0.29, 0.717) is 12.1 Å². The summed E-state index contributed by atoms with van der Waals surface area (Å²) in [6, 6.07) is 12.3.